The van der Waals surface area contributed by atoms with Gasteiger partial charge >= 0.3 is 11.9 Å². The Bertz CT molecular complexity index is 1230. The van der Waals surface area contributed by atoms with E-state index in [-0.39, 0.29) is 35.1 Å². The number of nitrogens with zero attached hydrogens (tertiary/aromatic N) is 1. The standard InChI is InChI=1S/C28H28N2O7/c1-3-15-36-27(34)18-7-11-20(12-8-18)29-23(31)16-37-28(35)19-9-13-21(14-10-19)30-25(32)22-6-4-5-17(2)24(22)26(30)33/h4-5,7-14,17,22,24H,3,6,15-16H2,1-2H3,(H,29,31)/t17-,22-,24+/m1/s1. The molecule has 1 heterocycles. The molecule has 1 aliphatic heterocycles. The molecule has 0 aromatic heterocycles. The topological polar surface area (TPSA) is 119 Å². The largest absolute Gasteiger partial charge is 0.462 e. The first-order valence-electron chi connectivity index (χ1n) is 12.2. The molecular formula is C28H28N2O7. The van der Waals surface area contributed by atoms with Gasteiger partial charge in [-0.05, 0) is 67.3 Å². The van der Waals surface area contributed by atoms with Gasteiger partial charge in [0.05, 0.1) is 35.3 Å². The summed E-state index contributed by atoms with van der Waals surface area (Å²) in [5.74, 6) is -2.92. The van der Waals surface area contributed by atoms with Crippen LogP contribution in [-0.4, -0.2) is 42.9 Å². The minimum Gasteiger partial charge on any atom is -0.462 e. The number of fused-ring (bicyclic) bond motifs is 1. The SMILES string of the molecule is CCCOC(=O)c1ccc(NC(=O)COC(=O)c2ccc(N3C(=O)[C@H]4[C@H](C)C=CC[C@H]4C3=O)cc2)cc1. The molecule has 0 radical (unpaired) electrons. The quantitative estimate of drug-likeness (QED) is 0.330. The van der Waals surface area contributed by atoms with Gasteiger partial charge < -0.3 is 14.8 Å². The molecule has 0 bridgehead atoms. The predicted octanol–water partition coefficient (Wildman–Crippen LogP) is 3.75. The summed E-state index contributed by atoms with van der Waals surface area (Å²) in [6, 6.07) is 12.1. The summed E-state index contributed by atoms with van der Waals surface area (Å²) in [7, 11) is 0. The summed E-state index contributed by atoms with van der Waals surface area (Å²) >= 11 is 0. The van der Waals surface area contributed by atoms with Gasteiger partial charge in [0.15, 0.2) is 6.61 Å². The molecule has 4 rings (SSSR count). The fourth-order valence-corrected chi connectivity index (χ4v) is 4.53. The highest BCUT2D eigenvalue weighted by Crippen LogP contribution is 2.40. The van der Waals surface area contributed by atoms with Crippen LogP contribution < -0.4 is 10.2 Å². The number of anilines is 2. The minimum atomic E-state index is -0.721. The number of allylic oxidation sites excluding steroid dienone is 2. The first-order valence-corrected chi connectivity index (χ1v) is 12.2. The molecule has 2 aromatic carbocycles. The van der Waals surface area contributed by atoms with E-state index in [9.17, 15) is 24.0 Å². The highest BCUT2D eigenvalue weighted by Gasteiger charge is 2.50. The van der Waals surface area contributed by atoms with Gasteiger partial charge in [-0.3, -0.25) is 19.3 Å². The Morgan fingerprint density at radius 3 is 2.16 bits per heavy atom. The maximum absolute atomic E-state index is 12.9. The number of nitrogens with one attached hydrogen (secondary N) is 1. The van der Waals surface area contributed by atoms with E-state index in [1.165, 1.54) is 41.3 Å². The zero-order valence-electron chi connectivity index (χ0n) is 20.6. The van der Waals surface area contributed by atoms with Crippen molar-refractivity contribution in [3.8, 4) is 0 Å². The van der Waals surface area contributed by atoms with Crippen LogP contribution in [0.4, 0.5) is 11.4 Å². The molecule has 1 saturated heterocycles. The Hall–Kier alpha value is -4.27. The maximum atomic E-state index is 12.9. The molecule has 0 unspecified atom stereocenters. The molecular weight excluding hydrogens is 476 g/mol. The van der Waals surface area contributed by atoms with Crippen LogP contribution in [0.2, 0.25) is 0 Å². The zero-order chi connectivity index (χ0) is 26.5. The lowest BCUT2D eigenvalue weighted by Crippen LogP contribution is -2.31. The predicted molar refractivity (Wildman–Crippen MR) is 135 cm³/mol. The van der Waals surface area contributed by atoms with Crippen LogP contribution in [-0.2, 0) is 23.9 Å². The zero-order valence-corrected chi connectivity index (χ0v) is 20.6. The monoisotopic (exact) mass is 504 g/mol. The molecule has 3 atom stereocenters. The highest BCUT2D eigenvalue weighted by molar-refractivity contribution is 6.22. The molecule has 37 heavy (non-hydrogen) atoms. The Morgan fingerprint density at radius 1 is 0.919 bits per heavy atom. The second-order valence-electron chi connectivity index (χ2n) is 9.05. The van der Waals surface area contributed by atoms with E-state index in [1.807, 2.05) is 26.0 Å². The third kappa shape index (κ3) is 5.61. The Balaban J connectivity index is 1.30. The molecule has 0 saturated carbocycles. The van der Waals surface area contributed by atoms with E-state index in [0.29, 0.717) is 30.0 Å². The highest BCUT2D eigenvalue weighted by atomic mass is 16.5. The smallest absolute Gasteiger partial charge is 0.338 e. The van der Waals surface area contributed by atoms with Crippen LogP contribution in [0.1, 0.15) is 47.4 Å². The summed E-state index contributed by atoms with van der Waals surface area (Å²) in [5, 5.41) is 2.59. The lowest BCUT2D eigenvalue weighted by atomic mass is 9.78. The molecule has 1 N–H and O–H groups in total. The Labute approximate surface area is 214 Å². The molecule has 3 amide bonds. The number of carbonyl (C=O) groups is 5. The van der Waals surface area contributed by atoms with E-state index < -0.39 is 24.5 Å². The van der Waals surface area contributed by atoms with E-state index >= 15 is 0 Å². The number of hydrogen-bond acceptors (Lipinski definition) is 7. The Morgan fingerprint density at radius 2 is 1.54 bits per heavy atom. The number of amides is 3. The molecule has 192 valence electrons. The van der Waals surface area contributed by atoms with Crippen molar-refractivity contribution in [2.45, 2.75) is 26.7 Å². The van der Waals surface area contributed by atoms with Crippen LogP contribution in [0, 0.1) is 17.8 Å². The molecule has 1 aliphatic carbocycles. The van der Waals surface area contributed by atoms with Crippen LogP contribution in [0.25, 0.3) is 0 Å². The van der Waals surface area contributed by atoms with Gasteiger partial charge in [0, 0.05) is 5.69 Å². The minimum absolute atomic E-state index is 0.0131. The average Bonchev–Trinajstić information content (AvgIpc) is 3.16. The van der Waals surface area contributed by atoms with Gasteiger partial charge in [-0.25, -0.2) is 9.59 Å². The van der Waals surface area contributed by atoms with Gasteiger partial charge in [0.1, 0.15) is 0 Å². The molecule has 9 nitrogen and oxygen atoms in total. The molecule has 2 aromatic rings. The number of esters is 2. The van der Waals surface area contributed by atoms with Gasteiger partial charge in [-0.1, -0.05) is 26.0 Å². The van der Waals surface area contributed by atoms with Crippen molar-refractivity contribution in [3.63, 3.8) is 0 Å². The van der Waals surface area contributed by atoms with Crippen molar-refractivity contribution in [3.05, 3.63) is 71.8 Å². The van der Waals surface area contributed by atoms with Crippen molar-refractivity contribution in [2.75, 3.05) is 23.4 Å². The van der Waals surface area contributed by atoms with Crippen molar-refractivity contribution in [1.82, 2.24) is 0 Å². The number of imide groups is 1. The molecule has 0 spiro atoms. The van der Waals surface area contributed by atoms with Crippen LogP contribution >= 0.6 is 0 Å². The summed E-state index contributed by atoms with van der Waals surface area (Å²) in [5.41, 5.74) is 1.37. The van der Waals surface area contributed by atoms with Crippen LogP contribution in [0.15, 0.2) is 60.7 Å². The fourth-order valence-electron chi connectivity index (χ4n) is 4.53. The molecule has 2 aliphatic rings. The fraction of sp³-hybridized carbons (Fsp3) is 0.321. The van der Waals surface area contributed by atoms with Crippen LogP contribution in [0.5, 0.6) is 0 Å². The number of benzene rings is 2. The second kappa shape index (κ2) is 11.2. The first kappa shape index (κ1) is 25.8. The van der Waals surface area contributed by atoms with Crippen molar-refractivity contribution >= 4 is 41.0 Å². The summed E-state index contributed by atoms with van der Waals surface area (Å²) in [6.45, 7) is 3.64. The van der Waals surface area contributed by atoms with E-state index in [1.54, 1.807) is 12.1 Å². The first-order chi connectivity index (χ1) is 17.8. The van der Waals surface area contributed by atoms with E-state index in [4.69, 9.17) is 9.47 Å². The van der Waals surface area contributed by atoms with Crippen LogP contribution in [0.3, 0.4) is 0 Å². The lowest BCUT2D eigenvalue weighted by molar-refractivity contribution is -0.123. The molecule has 1 fully saturated rings. The van der Waals surface area contributed by atoms with Crippen molar-refractivity contribution in [2.24, 2.45) is 17.8 Å². The second-order valence-corrected chi connectivity index (χ2v) is 9.05. The van der Waals surface area contributed by atoms with E-state index in [2.05, 4.69) is 5.32 Å². The van der Waals surface area contributed by atoms with E-state index in [0.717, 1.165) is 6.42 Å². The summed E-state index contributed by atoms with van der Waals surface area (Å²) < 4.78 is 10.1. The number of hydrogen-bond donors (Lipinski definition) is 1. The maximum Gasteiger partial charge on any atom is 0.338 e. The Kier molecular flexibility index (Phi) is 7.81. The van der Waals surface area contributed by atoms with Crippen molar-refractivity contribution < 1.29 is 33.4 Å². The summed E-state index contributed by atoms with van der Waals surface area (Å²) in [4.78, 5) is 63.4. The number of ether oxygens (including phenoxy) is 2. The summed E-state index contributed by atoms with van der Waals surface area (Å²) in [6.07, 6.45) is 5.16. The van der Waals surface area contributed by atoms with Gasteiger partial charge in [-0.2, -0.15) is 0 Å². The van der Waals surface area contributed by atoms with Gasteiger partial charge in [0.2, 0.25) is 11.8 Å². The van der Waals surface area contributed by atoms with Gasteiger partial charge in [-0.15, -0.1) is 0 Å². The lowest BCUT2D eigenvalue weighted by Gasteiger charge is -2.22. The third-order valence-corrected chi connectivity index (χ3v) is 6.41. The molecule has 9 heteroatoms. The van der Waals surface area contributed by atoms with Crippen molar-refractivity contribution in [1.29, 1.82) is 0 Å². The van der Waals surface area contributed by atoms with Gasteiger partial charge in [0.25, 0.3) is 5.91 Å². The number of carbonyl (C=O) groups excluding carboxylic acids is 5. The third-order valence-electron chi connectivity index (χ3n) is 6.41. The normalized spacial score (nSPS) is 20.4. The average molecular weight is 505 g/mol. The number of rotatable bonds is 8.